The van der Waals surface area contributed by atoms with Crippen molar-refractivity contribution in [3.63, 3.8) is 0 Å². The average molecular weight is 194 g/mol. The first-order valence-corrected chi connectivity index (χ1v) is 4.61. The Kier molecular flexibility index (Phi) is 3.51. The Morgan fingerprint density at radius 1 is 1.38 bits per heavy atom. The number of hydrogen-bond donors (Lipinski definition) is 0. The Morgan fingerprint density at radius 2 is 1.92 bits per heavy atom. The van der Waals surface area contributed by atoms with Crippen molar-refractivity contribution in [3.8, 4) is 0 Å². The molecule has 1 atom stereocenters. The Morgan fingerprint density at radius 3 is 2.31 bits per heavy atom. The third-order valence-electron chi connectivity index (χ3n) is 2.15. The first-order valence-electron chi connectivity index (χ1n) is 4.20. The van der Waals surface area contributed by atoms with E-state index in [2.05, 4.69) is 35.9 Å². The monoisotopic (exact) mass is 194 g/mol. The standard InChI is InChI=1S/C10H14N2S/c1-9(11(2)3)12-6-4-10(8-13)5-7-12/h4-7,9H,1-3H3/q+1. The molecule has 2 nitrogen and oxygen atoms in total. The van der Waals surface area contributed by atoms with Gasteiger partial charge in [0.2, 0.25) is 6.17 Å². The molecule has 0 amide bonds. The zero-order chi connectivity index (χ0) is 9.84. The molecule has 1 heterocycles. The molecule has 0 saturated carbocycles. The van der Waals surface area contributed by atoms with Gasteiger partial charge in [-0.2, -0.15) is 4.57 Å². The highest BCUT2D eigenvalue weighted by Gasteiger charge is 2.12. The van der Waals surface area contributed by atoms with Crippen LogP contribution in [0.25, 0.3) is 0 Å². The van der Waals surface area contributed by atoms with Crippen LogP contribution >= 0.6 is 12.2 Å². The van der Waals surface area contributed by atoms with Crippen LogP contribution < -0.4 is 4.57 Å². The molecule has 13 heavy (non-hydrogen) atoms. The van der Waals surface area contributed by atoms with E-state index >= 15 is 0 Å². The number of aromatic nitrogens is 1. The van der Waals surface area contributed by atoms with Crippen LogP contribution in [0.4, 0.5) is 0 Å². The fourth-order valence-corrected chi connectivity index (χ4v) is 1.16. The van der Waals surface area contributed by atoms with Crippen LogP contribution in [0.3, 0.4) is 0 Å². The van der Waals surface area contributed by atoms with Gasteiger partial charge in [0.25, 0.3) is 0 Å². The fraction of sp³-hybridized carbons (Fsp3) is 0.400. The number of hydrogen-bond acceptors (Lipinski definition) is 2. The summed E-state index contributed by atoms with van der Waals surface area (Å²) in [6, 6.07) is 3.93. The number of pyridine rings is 1. The molecule has 1 rings (SSSR count). The van der Waals surface area contributed by atoms with Gasteiger partial charge in [0, 0.05) is 24.6 Å². The van der Waals surface area contributed by atoms with E-state index in [4.69, 9.17) is 12.2 Å². The van der Waals surface area contributed by atoms with Gasteiger partial charge in [0.05, 0.1) is 5.37 Å². The van der Waals surface area contributed by atoms with Crippen molar-refractivity contribution in [2.45, 2.75) is 13.1 Å². The number of thiocarbonyl (C=S) groups is 1. The molecule has 1 aromatic rings. The molecule has 0 bridgehead atoms. The first kappa shape index (κ1) is 10.3. The highest BCUT2D eigenvalue weighted by atomic mass is 32.1. The predicted molar refractivity (Wildman–Crippen MR) is 56.7 cm³/mol. The van der Waals surface area contributed by atoms with Crippen molar-refractivity contribution in [1.82, 2.24) is 4.90 Å². The highest BCUT2D eigenvalue weighted by molar-refractivity contribution is 7.79. The zero-order valence-corrected chi connectivity index (χ0v) is 9.01. The molecule has 1 unspecified atom stereocenters. The maximum absolute atomic E-state index is 4.71. The largest absolute Gasteiger partial charge is 0.252 e. The third-order valence-corrected chi connectivity index (χ3v) is 2.38. The van der Waals surface area contributed by atoms with Gasteiger partial charge in [-0.15, -0.1) is 0 Å². The van der Waals surface area contributed by atoms with Gasteiger partial charge in [-0.3, -0.25) is 4.90 Å². The first-order chi connectivity index (χ1) is 6.15. The summed E-state index contributed by atoms with van der Waals surface area (Å²) in [5, 5.41) is 2.68. The summed E-state index contributed by atoms with van der Waals surface area (Å²) in [7, 11) is 4.10. The van der Waals surface area contributed by atoms with Gasteiger partial charge in [-0.25, -0.2) is 0 Å². The molecular weight excluding hydrogens is 180 g/mol. The van der Waals surface area contributed by atoms with E-state index in [9.17, 15) is 0 Å². The minimum atomic E-state index is 0.360. The second kappa shape index (κ2) is 4.44. The van der Waals surface area contributed by atoms with Gasteiger partial charge in [0.1, 0.15) is 0 Å². The third kappa shape index (κ3) is 2.57. The summed E-state index contributed by atoms with van der Waals surface area (Å²) < 4.78 is 2.12. The lowest BCUT2D eigenvalue weighted by Gasteiger charge is -2.14. The smallest absolute Gasteiger partial charge is 0.211 e. The van der Waals surface area contributed by atoms with Crippen molar-refractivity contribution in [1.29, 1.82) is 0 Å². The van der Waals surface area contributed by atoms with Gasteiger partial charge in [-0.1, -0.05) is 12.2 Å². The van der Waals surface area contributed by atoms with E-state index in [1.54, 1.807) is 0 Å². The van der Waals surface area contributed by atoms with E-state index < -0.39 is 0 Å². The second-order valence-corrected chi connectivity index (χ2v) is 3.44. The van der Waals surface area contributed by atoms with Crippen LogP contribution in [0.1, 0.15) is 18.7 Å². The van der Waals surface area contributed by atoms with Crippen LogP contribution in [-0.4, -0.2) is 24.4 Å². The zero-order valence-electron chi connectivity index (χ0n) is 8.19. The molecule has 0 N–H and O–H groups in total. The summed E-state index contributed by atoms with van der Waals surface area (Å²) in [5.41, 5.74) is 0.956. The quantitative estimate of drug-likeness (QED) is 0.528. The Hall–Kier alpha value is -0.800. The summed E-state index contributed by atoms with van der Waals surface area (Å²) in [6.07, 6.45) is 4.39. The average Bonchev–Trinajstić information content (AvgIpc) is 2.17. The van der Waals surface area contributed by atoms with E-state index in [0.717, 1.165) is 5.56 Å². The van der Waals surface area contributed by atoms with Gasteiger partial charge in [0.15, 0.2) is 12.4 Å². The Balaban J connectivity index is 2.85. The maximum atomic E-state index is 4.71. The lowest BCUT2D eigenvalue weighted by molar-refractivity contribution is -0.738. The molecule has 0 aliphatic carbocycles. The molecule has 0 fully saturated rings. The van der Waals surface area contributed by atoms with Crippen LogP contribution in [0, 0.1) is 0 Å². The topological polar surface area (TPSA) is 7.12 Å². The summed E-state index contributed by atoms with van der Waals surface area (Å²) in [4.78, 5) is 2.14. The predicted octanol–water partition coefficient (Wildman–Crippen LogP) is 1.28. The number of nitrogens with zero attached hydrogens (tertiary/aromatic N) is 2. The second-order valence-electron chi connectivity index (χ2n) is 3.23. The van der Waals surface area contributed by atoms with Crippen molar-refractivity contribution in [3.05, 3.63) is 30.1 Å². The van der Waals surface area contributed by atoms with Crippen molar-refractivity contribution in [2.24, 2.45) is 0 Å². The lowest BCUT2D eigenvalue weighted by atomic mass is 10.3. The highest BCUT2D eigenvalue weighted by Crippen LogP contribution is 1.98. The summed E-state index contributed by atoms with van der Waals surface area (Å²) >= 11 is 4.71. The molecular formula is C10H14N2S+. The Bertz CT molecular complexity index is 279. The normalized spacial score (nSPS) is 12.9. The van der Waals surface area contributed by atoms with Gasteiger partial charge in [-0.05, 0) is 14.1 Å². The van der Waals surface area contributed by atoms with Crippen molar-refractivity contribution < 1.29 is 4.57 Å². The molecule has 1 aromatic heterocycles. The SMILES string of the molecule is CC(N(C)C)[n+]1ccc([C]=S)cc1. The molecule has 69 valence electrons. The van der Waals surface area contributed by atoms with Crippen LogP contribution in [-0.2, 0) is 0 Å². The van der Waals surface area contributed by atoms with Crippen LogP contribution in [0.5, 0.6) is 0 Å². The minimum Gasteiger partial charge on any atom is -0.252 e. The fourth-order valence-electron chi connectivity index (χ4n) is 1.02. The van der Waals surface area contributed by atoms with Crippen LogP contribution in [0.2, 0.25) is 0 Å². The van der Waals surface area contributed by atoms with Gasteiger partial charge >= 0.3 is 0 Å². The number of rotatable bonds is 3. The lowest BCUT2D eigenvalue weighted by Crippen LogP contribution is -2.44. The Labute approximate surface area is 84.8 Å². The van der Waals surface area contributed by atoms with E-state index in [-0.39, 0.29) is 0 Å². The van der Waals surface area contributed by atoms with E-state index in [1.165, 1.54) is 0 Å². The summed E-state index contributed by atoms with van der Waals surface area (Å²) in [5.74, 6) is 0. The summed E-state index contributed by atoms with van der Waals surface area (Å²) in [6.45, 7) is 2.14. The van der Waals surface area contributed by atoms with Crippen molar-refractivity contribution in [2.75, 3.05) is 14.1 Å². The molecule has 0 spiro atoms. The van der Waals surface area contributed by atoms with Gasteiger partial charge < -0.3 is 0 Å². The molecule has 0 saturated heterocycles. The molecule has 0 aliphatic rings. The minimum absolute atomic E-state index is 0.360. The van der Waals surface area contributed by atoms with E-state index in [1.807, 2.05) is 24.5 Å². The molecule has 0 aromatic carbocycles. The van der Waals surface area contributed by atoms with E-state index in [0.29, 0.717) is 6.17 Å². The molecule has 3 heteroatoms. The maximum Gasteiger partial charge on any atom is 0.211 e. The molecule has 1 radical (unpaired) electrons. The van der Waals surface area contributed by atoms with Crippen molar-refractivity contribution >= 4 is 17.6 Å². The van der Waals surface area contributed by atoms with Crippen LogP contribution in [0.15, 0.2) is 24.5 Å². The molecule has 0 aliphatic heterocycles.